The number of hydrogen-bond donors (Lipinski definition) is 3. The summed E-state index contributed by atoms with van der Waals surface area (Å²) in [5.41, 5.74) is 1.76. The molecule has 2 aromatic rings. The normalized spacial score (nSPS) is 26.4. The molecule has 1 saturated carbocycles. The van der Waals surface area contributed by atoms with E-state index in [9.17, 15) is 18.8 Å². The molecule has 0 unspecified atom stereocenters. The molecule has 1 aliphatic heterocycles. The quantitative estimate of drug-likeness (QED) is 0.543. The lowest BCUT2D eigenvalue weighted by atomic mass is 9.92. The Bertz CT molecular complexity index is 1190. The van der Waals surface area contributed by atoms with Gasteiger partial charge in [0.05, 0.1) is 6.04 Å². The van der Waals surface area contributed by atoms with Crippen LogP contribution in [0.1, 0.15) is 57.1 Å². The molecule has 0 spiro atoms. The number of carbonyl (C=O) groups is 3. The monoisotopic (exact) mass is 552 g/mol. The lowest BCUT2D eigenvalue weighted by Gasteiger charge is -2.32. The number of rotatable bonds is 3. The van der Waals surface area contributed by atoms with Gasteiger partial charge in [0.25, 0.3) is 0 Å². The van der Waals surface area contributed by atoms with Crippen LogP contribution in [0.5, 0.6) is 5.75 Å². The number of nitrogens with zero attached hydrogens (tertiary/aromatic N) is 1. The predicted octanol–water partition coefficient (Wildman–Crippen LogP) is 3.16. The minimum atomic E-state index is -0.906. The number of ether oxygens (including phenoxy) is 1. The third kappa shape index (κ3) is 7.38. The van der Waals surface area contributed by atoms with Crippen LogP contribution in [0.4, 0.5) is 4.39 Å². The van der Waals surface area contributed by atoms with Gasteiger partial charge in [-0.3, -0.25) is 14.4 Å². The first-order chi connectivity index (χ1) is 19.2. The SMILES string of the molecule is C[C@@H]1CN[C@@H](C2CC2)C(=O)N(C)[C@H](C)C(=O)N[C@H]([C@H](C)c2ccc(F)cc2)C(=O)NCCCc2ccccc2O1. The van der Waals surface area contributed by atoms with Crippen molar-refractivity contribution >= 4 is 17.7 Å². The van der Waals surface area contributed by atoms with Crippen LogP contribution in [-0.2, 0) is 20.8 Å². The maximum Gasteiger partial charge on any atom is 0.243 e. The predicted molar refractivity (Wildman–Crippen MR) is 151 cm³/mol. The largest absolute Gasteiger partial charge is 0.489 e. The molecule has 5 atom stereocenters. The number of amides is 3. The molecule has 0 radical (unpaired) electrons. The van der Waals surface area contributed by atoms with E-state index in [4.69, 9.17) is 4.74 Å². The van der Waals surface area contributed by atoms with Gasteiger partial charge >= 0.3 is 0 Å². The number of para-hydroxylation sites is 1. The zero-order valence-electron chi connectivity index (χ0n) is 23.8. The van der Waals surface area contributed by atoms with Crippen molar-refractivity contribution in [2.75, 3.05) is 20.1 Å². The summed E-state index contributed by atoms with van der Waals surface area (Å²) in [6.07, 6.45) is 3.11. The molecule has 4 rings (SSSR count). The van der Waals surface area contributed by atoms with Gasteiger partial charge in [0.1, 0.15) is 29.8 Å². The van der Waals surface area contributed by atoms with E-state index in [2.05, 4.69) is 16.0 Å². The minimum absolute atomic E-state index is 0.161. The Hall–Kier alpha value is -3.46. The fourth-order valence-electron chi connectivity index (χ4n) is 5.10. The summed E-state index contributed by atoms with van der Waals surface area (Å²) >= 11 is 0. The average molecular weight is 553 g/mol. The number of likely N-dealkylation sites (N-methyl/N-ethyl adjacent to an activating group) is 1. The highest BCUT2D eigenvalue weighted by Gasteiger charge is 2.40. The Morgan fingerprint density at radius 1 is 1.00 bits per heavy atom. The molecule has 1 fully saturated rings. The van der Waals surface area contributed by atoms with Gasteiger partial charge in [-0.25, -0.2) is 4.39 Å². The number of halogens is 1. The molecule has 0 aromatic heterocycles. The molecule has 0 bridgehead atoms. The van der Waals surface area contributed by atoms with Crippen LogP contribution in [0.25, 0.3) is 0 Å². The Kier molecular flexibility index (Phi) is 9.79. The number of benzene rings is 2. The molecule has 1 aliphatic carbocycles. The topological polar surface area (TPSA) is 99.8 Å². The van der Waals surface area contributed by atoms with Crippen LogP contribution < -0.4 is 20.7 Å². The summed E-state index contributed by atoms with van der Waals surface area (Å²) in [5.74, 6) is -0.715. The van der Waals surface area contributed by atoms with Crippen LogP contribution >= 0.6 is 0 Å². The third-order valence-electron chi connectivity index (χ3n) is 7.99. The molecule has 9 heteroatoms. The van der Waals surface area contributed by atoms with Crippen molar-refractivity contribution in [3.63, 3.8) is 0 Å². The number of aryl methyl sites for hydroxylation is 1. The van der Waals surface area contributed by atoms with E-state index in [1.807, 2.05) is 38.1 Å². The summed E-state index contributed by atoms with van der Waals surface area (Å²) in [6.45, 7) is 6.35. The fraction of sp³-hybridized carbons (Fsp3) is 0.516. The standard InChI is InChI=1S/C31H41FN4O4/c1-19-18-34-28(24-11-12-24)31(39)36(4)21(3)29(37)35-27(20(2)22-13-15-25(32)16-14-22)30(38)33-17-7-9-23-8-5-6-10-26(23)40-19/h5-6,8,10,13-16,19-21,24,27-28,34H,7,9,11-12,17-18H2,1-4H3,(H,33,38)(H,35,37)/t19-,20-,21-,27-,28+/m1/s1. The van der Waals surface area contributed by atoms with E-state index in [-0.39, 0.29) is 29.7 Å². The van der Waals surface area contributed by atoms with E-state index in [1.165, 1.54) is 17.0 Å². The Morgan fingerprint density at radius 2 is 1.70 bits per heavy atom. The number of nitrogens with one attached hydrogen (secondary N) is 3. The van der Waals surface area contributed by atoms with E-state index in [1.54, 1.807) is 26.1 Å². The van der Waals surface area contributed by atoms with Gasteiger partial charge in [0, 0.05) is 26.1 Å². The molecule has 0 saturated heterocycles. The molecule has 3 amide bonds. The Morgan fingerprint density at radius 3 is 2.40 bits per heavy atom. The van der Waals surface area contributed by atoms with Crippen molar-refractivity contribution in [1.29, 1.82) is 0 Å². The van der Waals surface area contributed by atoms with Gasteiger partial charge in [-0.15, -0.1) is 0 Å². The zero-order chi connectivity index (χ0) is 28.8. The van der Waals surface area contributed by atoms with E-state index in [0.29, 0.717) is 25.9 Å². The minimum Gasteiger partial charge on any atom is -0.489 e. The first-order valence-corrected chi connectivity index (χ1v) is 14.2. The number of hydrogen-bond acceptors (Lipinski definition) is 5. The molecular weight excluding hydrogens is 511 g/mol. The highest BCUT2D eigenvalue weighted by atomic mass is 19.1. The maximum absolute atomic E-state index is 13.6. The van der Waals surface area contributed by atoms with E-state index in [0.717, 1.165) is 29.7 Å². The highest BCUT2D eigenvalue weighted by Crippen LogP contribution is 2.34. The summed E-state index contributed by atoms with van der Waals surface area (Å²) < 4.78 is 19.8. The van der Waals surface area contributed by atoms with Gasteiger partial charge in [-0.2, -0.15) is 0 Å². The van der Waals surface area contributed by atoms with Crippen LogP contribution in [0.3, 0.4) is 0 Å². The highest BCUT2D eigenvalue weighted by molar-refractivity contribution is 5.93. The van der Waals surface area contributed by atoms with Crippen molar-refractivity contribution in [2.45, 2.75) is 76.6 Å². The van der Waals surface area contributed by atoms with Gasteiger partial charge in [0.15, 0.2) is 0 Å². The van der Waals surface area contributed by atoms with Crippen molar-refractivity contribution in [3.8, 4) is 5.75 Å². The lowest BCUT2D eigenvalue weighted by Crippen LogP contribution is -2.57. The first kappa shape index (κ1) is 29.5. The fourth-order valence-corrected chi connectivity index (χ4v) is 5.10. The molecule has 2 aromatic carbocycles. The van der Waals surface area contributed by atoms with E-state index < -0.39 is 30.0 Å². The second kappa shape index (κ2) is 13.3. The van der Waals surface area contributed by atoms with Gasteiger partial charge in [-0.1, -0.05) is 37.3 Å². The third-order valence-corrected chi connectivity index (χ3v) is 7.99. The molecule has 40 heavy (non-hydrogen) atoms. The van der Waals surface area contributed by atoms with Gasteiger partial charge in [0.2, 0.25) is 17.7 Å². The smallest absolute Gasteiger partial charge is 0.243 e. The number of fused-ring (bicyclic) bond motifs is 1. The van der Waals surface area contributed by atoms with Crippen molar-refractivity contribution in [2.24, 2.45) is 5.92 Å². The molecule has 3 N–H and O–H groups in total. The molecule has 1 heterocycles. The zero-order valence-corrected chi connectivity index (χ0v) is 23.8. The van der Waals surface area contributed by atoms with Gasteiger partial charge in [-0.05, 0) is 74.8 Å². The van der Waals surface area contributed by atoms with Gasteiger partial charge < -0.3 is 25.6 Å². The first-order valence-electron chi connectivity index (χ1n) is 14.2. The second-order valence-corrected chi connectivity index (χ2v) is 11.1. The van der Waals surface area contributed by atoms with E-state index >= 15 is 0 Å². The summed E-state index contributed by atoms with van der Waals surface area (Å²) in [6, 6.07) is 11.6. The molecule has 216 valence electrons. The van der Waals surface area contributed by atoms with Crippen LogP contribution in [0, 0.1) is 11.7 Å². The molecule has 2 aliphatic rings. The Balaban J connectivity index is 1.59. The maximum atomic E-state index is 13.6. The lowest BCUT2D eigenvalue weighted by molar-refractivity contribution is -0.141. The van der Waals surface area contributed by atoms with Crippen molar-refractivity contribution in [3.05, 3.63) is 65.5 Å². The Labute approximate surface area is 236 Å². The van der Waals surface area contributed by atoms with Crippen LogP contribution in [-0.4, -0.2) is 67.0 Å². The van der Waals surface area contributed by atoms with Crippen LogP contribution in [0.15, 0.2) is 48.5 Å². The van der Waals surface area contributed by atoms with Crippen molar-refractivity contribution in [1.82, 2.24) is 20.9 Å². The number of carbonyl (C=O) groups excluding carboxylic acids is 3. The average Bonchev–Trinajstić information content (AvgIpc) is 3.78. The van der Waals surface area contributed by atoms with Crippen LogP contribution in [0.2, 0.25) is 0 Å². The summed E-state index contributed by atoms with van der Waals surface area (Å²) in [7, 11) is 1.62. The summed E-state index contributed by atoms with van der Waals surface area (Å²) in [5, 5.41) is 9.25. The summed E-state index contributed by atoms with van der Waals surface area (Å²) in [4.78, 5) is 41.8. The molecule has 8 nitrogen and oxygen atoms in total. The second-order valence-electron chi connectivity index (χ2n) is 11.1. The molecular formula is C31H41FN4O4. The van der Waals surface area contributed by atoms with Crippen molar-refractivity contribution < 1.29 is 23.5 Å².